The van der Waals surface area contributed by atoms with Crippen LogP contribution in [0.25, 0.3) is 5.69 Å². The summed E-state index contributed by atoms with van der Waals surface area (Å²) in [7, 11) is 3.04. The summed E-state index contributed by atoms with van der Waals surface area (Å²) in [6.45, 7) is -0.0679. The SMILES string of the molecule is COCC(=O)Nc1cc(N2C(=S)N[C@@H](c3ccccn3)[C@H]2c2cccn2-c2cccc(Br)c2)ccc1OC. The Bertz CT molecular complexity index is 1460. The molecular formula is C28H26BrN5O3S. The topological polar surface area (TPSA) is 80.7 Å². The number of pyridine rings is 1. The molecule has 4 aromatic rings. The molecule has 1 aliphatic rings. The second-order valence-electron chi connectivity index (χ2n) is 8.65. The number of hydrogen-bond donors (Lipinski definition) is 2. The molecular weight excluding hydrogens is 566 g/mol. The smallest absolute Gasteiger partial charge is 0.250 e. The van der Waals surface area contributed by atoms with E-state index in [4.69, 9.17) is 21.7 Å². The molecule has 2 aromatic carbocycles. The maximum Gasteiger partial charge on any atom is 0.250 e. The minimum atomic E-state index is -0.281. The van der Waals surface area contributed by atoms with Crippen LogP contribution in [-0.2, 0) is 9.53 Å². The van der Waals surface area contributed by atoms with Crippen LogP contribution in [0, 0.1) is 0 Å². The molecule has 8 nitrogen and oxygen atoms in total. The number of nitrogens with one attached hydrogen (secondary N) is 2. The Balaban J connectivity index is 1.63. The number of carbonyl (C=O) groups is 1. The lowest BCUT2D eigenvalue weighted by Crippen LogP contribution is -2.30. The lowest BCUT2D eigenvalue weighted by Gasteiger charge is -2.29. The molecule has 1 fully saturated rings. The Hall–Kier alpha value is -3.73. The third-order valence-corrected chi connectivity index (χ3v) is 7.09. The van der Waals surface area contributed by atoms with E-state index in [1.807, 2.05) is 60.8 Å². The van der Waals surface area contributed by atoms with Gasteiger partial charge >= 0.3 is 0 Å². The predicted molar refractivity (Wildman–Crippen MR) is 155 cm³/mol. The third kappa shape index (κ3) is 5.15. The molecule has 194 valence electrons. The molecule has 10 heteroatoms. The number of benzene rings is 2. The fourth-order valence-corrected chi connectivity index (χ4v) is 5.42. The number of rotatable bonds is 8. The van der Waals surface area contributed by atoms with Gasteiger partial charge < -0.3 is 29.6 Å². The van der Waals surface area contributed by atoms with Gasteiger partial charge in [0.1, 0.15) is 18.4 Å². The van der Waals surface area contributed by atoms with Crippen molar-refractivity contribution < 1.29 is 14.3 Å². The van der Waals surface area contributed by atoms with E-state index >= 15 is 0 Å². The van der Waals surface area contributed by atoms with Crippen molar-refractivity contribution in [3.05, 3.63) is 101 Å². The van der Waals surface area contributed by atoms with Crippen molar-refractivity contribution in [3.8, 4) is 11.4 Å². The summed E-state index contributed by atoms with van der Waals surface area (Å²) >= 11 is 9.49. The van der Waals surface area contributed by atoms with Gasteiger partial charge in [-0.1, -0.05) is 28.1 Å². The first-order valence-electron chi connectivity index (χ1n) is 11.9. The zero-order valence-electron chi connectivity index (χ0n) is 20.8. The van der Waals surface area contributed by atoms with E-state index in [-0.39, 0.29) is 24.6 Å². The van der Waals surface area contributed by atoms with Gasteiger partial charge in [0.05, 0.1) is 24.5 Å². The lowest BCUT2D eigenvalue weighted by atomic mass is 10.0. The van der Waals surface area contributed by atoms with Crippen LogP contribution in [0.2, 0.25) is 0 Å². The minimum absolute atomic E-state index is 0.0679. The fourth-order valence-electron chi connectivity index (χ4n) is 4.69. The van der Waals surface area contributed by atoms with Gasteiger partial charge in [-0.3, -0.25) is 9.78 Å². The zero-order chi connectivity index (χ0) is 26.6. The Labute approximate surface area is 234 Å². The predicted octanol–water partition coefficient (Wildman–Crippen LogP) is 5.41. The van der Waals surface area contributed by atoms with E-state index in [0.29, 0.717) is 16.5 Å². The van der Waals surface area contributed by atoms with E-state index in [9.17, 15) is 4.79 Å². The standard InChI is InChI=1S/C28H26BrN5O3S/c1-36-17-25(35)31-22-16-20(11-12-24(22)37-2)34-27(26(32-28(34)38)21-9-3-4-13-30-21)23-10-6-14-33(23)19-8-5-7-18(29)15-19/h3-16,26-27H,17H2,1-2H3,(H,31,35)(H,32,38)/t26-,27+/m0/s1. The number of methoxy groups -OCH3 is 2. The number of thiocarbonyl (C=S) groups is 1. The van der Waals surface area contributed by atoms with Gasteiger partial charge in [-0.15, -0.1) is 0 Å². The van der Waals surface area contributed by atoms with Crippen molar-refractivity contribution >= 4 is 50.5 Å². The van der Waals surface area contributed by atoms with Crippen molar-refractivity contribution in [1.29, 1.82) is 0 Å². The number of nitrogens with zero attached hydrogens (tertiary/aromatic N) is 3. The monoisotopic (exact) mass is 591 g/mol. The highest BCUT2D eigenvalue weighted by molar-refractivity contribution is 9.10. The number of anilines is 2. The Morgan fingerprint density at radius 3 is 2.68 bits per heavy atom. The summed E-state index contributed by atoms with van der Waals surface area (Å²) in [5, 5.41) is 6.91. The second-order valence-corrected chi connectivity index (χ2v) is 9.95. The Morgan fingerprint density at radius 2 is 1.95 bits per heavy atom. The number of amides is 1. The average Bonchev–Trinajstić information content (AvgIpc) is 3.53. The molecule has 2 N–H and O–H groups in total. The normalized spacial score (nSPS) is 16.8. The third-order valence-electron chi connectivity index (χ3n) is 6.28. The van der Waals surface area contributed by atoms with Gasteiger partial charge in [-0.25, -0.2) is 0 Å². The highest BCUT2D eigenvalue weighted by Crippen LogP contribution is 2.43. The van der Waals surface area contributed by atoms with Crippen LogP contribution in [0.3, 0.4) is 0 Å². The van der Waals surface area contributed by atoms with E-state index in [1.54, 1.807) is 13.3 Å². The van der Waals surface area contributed by atoms with E-state index in [2.05, 4.69) is 59.2 Å². The van der Waals surface area contributed by atoms with Crippen molar-refractivity contribution in [2.24, 2.45) is 0 Å². The van der Waals surface area contributed by atoms with Crippen LogP contribution in [0.4, 0.5) is 11.4 Å². The van der Waals surface area contributed by atoms with Crippen LogP contribution in [0.1, 0.15) is 23.5 Å². The molecule has 0 spiro atoms. The largest absolute Gasteiger partial charge is 0.495 e. The number of hydrogen-bond acceptors (Lipinski definition) is 5. The van der Waals surface area contributed by atoms with E-state index in [1.165, 1.54) is 7.11 Å². The van der Waals surface area contributed by atoms with E-state index in [0.717, 1.165) is 27.2 Å². The van der Waals surface area contributed by atoms with Crippen molar-refractivity contribution in [1.82, 2.24) is 14.9 Å². The van der Waals surface area contributed by atoms with Gasteiger partial charge in [0.2, 0.25) is 5.91 Å². The minimum Gasteiger partial charge on any atom is -0.495 e. The summed E-state index contributed by atoms with van der Waals surface area (Å²) in [6.07, 6.45) is 3.82. The molecule has 5 rings (SSSR count). The highest BCUT2D eigenvalue weighted by atomic mass is 79.9. The number of carbonyl (C=O) groups excluding carboxylic acids is 1. The first-order valence-corrected chi connectivity index (χ1v) is 13.1. The average molecular weight is 593 g/mol. The molecule has 1 aliphatic heterocycles. The molecule has 2 aromatic heterocycles. The molecule has 0 aliphatic carbocycles. The maximum absolute atomic E-state index is 12.3. The summed E-state index contributed by atoms with van der Waals surface area (Å²) in [4.78, 5) is 19.0. The summed E-state index contributed by atoms with van der Waals surface area (Å²) in [6, 6.07) is 23.2. The van der Waals surface area contributed by atoms with Crippen molar-refractivity contribution in [3.63, 3.8) is 0 Å². The van der Waals surface area contributed by atoms with Crippen LogP contribution in [0.5, 0.6) is 5.75 Å². The van der Waals surface area contributed by atoms with Crippen molar-refractivity contribution in [2.75, 3.05) is 31.0 Å². The second kappa shape index (κ2) is 11.3. The molecule has 0 unspecified atom stereocenters. The van der Waals surface area contributed by atoms with Gasteiger partial charge in [0, 0.05) is 41.0 Å². The number of ether oxygens (including phenoxy) is 2. The first kappa shape index (κ1) is 25.9. The van der Waals surface area contributed by atoms with Crippen LogP contribution in [0.15, 0.2) is 89.7 Å². The zero-order valence-corrected chi connectivity index (χ0v) is 23.2. The van der Waals surface area contributed by atoms with Gasteiger partial charge in [-0.05, 0) is 72.9 Å². The molecule has 1 saturated heterocycles. The molecule has 0 bridgehead atoms. The summed E-state index contributed by atoms with van der Waals surface area (Å²) < 4.78 is 13.6. The Kier molecular flexibility index (Phi) is 7.73. The molecule has 0 radical (unpaired) electrons. The fraction of sp³-hybridized carbons (Fsp3) is 0.179. The molecule has 2 atom stereocenters. The van der Waals surface area contributed by atoms with Crippen LogP contribution in [-0.4, -0.2) is 41.4 Å². The molecule has 1 amide bonds. The highest BCUT2D eigenvalue weighted by Gasteiger charge is 2.42. The Morgan fingerprint density at radius 1 is 1.08 bits per heavy atom. The molecule has 3 heterocycles. The molecule has 38 heavy (non-hydrogen) atoms. The quantitative estimate of drug-likeness (QED) is 0.265. The lowest BCUT2D eigenvalue weighted by molar-refractivity contribution is -0.119. The summed E-state index contributed by atoms with van der Waals surface area (Å²) in [5.74, 6) is 0.253. The number of aromatic nitrogens is 2. The van der Waals surface area contributed by atoms with Gasteiger partial charge in [0.25, 0.3) is 0 Å². The van der Waals surface area contributed by atoms with Gasteiger partial charge in [0.15, 0.2) is 5.11 Å². The van der Waals surface area contributed by atoms with Crippen LogP contribution >= 0.6 is 28.1 Å². The number of halogens is 1. The van der Waals surface area contributed by atoms with Crippen molar-refractivity contribution in [2.45, 2.75) is 12.1 Å². The van der Waals surface area contributed by atoms with Gasteiger partial charge in [-0.2, -0.15) is 0 Å². The summed E-state index contributed by atoms with van der Waals surface area (Å²) in [5.41, 5.74) is 4.22. The van der Waals surface area contributed by atoms with Crippen LogP contribution < -0.4 is 20.3 Å². The van der Waals surface area contributed by atoms with E-state index < -0.39 is 0 Å². The first-order chi connectivity index (χ1) is 18.5. The molecule has 0 saturated carbocycles. The maximum atomic E-state index is 12.3.